The molecule has 6 heteroatoms. The summed E-state index contributed by atoms with van der Waals surface area (Å²) in [6.07, 6.45) is 4.62. The van der Waals surface area contributed by atoms with Gasteiger partial charge >= 0.3 is 0 Å². The summed E-state index contributed by atoms with van der Waals surface area (Å²) in [6, 6.07) is 10.0. The predicted molar refractivity (Wildman–Crippen MR) is 94.6 cm³/mol. The second kappa shape index (κ2) is 7.18. The van der Waals surface area contributed by atoms with Crippen LogP contribution in [0.5, 0.6) is 0 Å². The van der Waals surface area contributed by atoms with Crippen molar-refractivity contribution in [2.45, 2.75) is 49.6 Å². The summed E-state index contributed by atoms with van der Waals surface area (Å²) in [4.78, 5) is 21.4. The van der Waals surface area contributed by atoms with Crippen LogP contribution in [0.25, 0.3) is 11.0 Å². The summed E-state index contributed by atoms with van der Waals surface area (Å²) in [7, 11) is 0. The highest BCUT2D eigenvalue weighted by atomic mass is 32.2. The number of carbonyl (C=O) groups is 1. The van der Waals surface area contributed by atoms with Gasteiger partial charge in [0.05, 0.1) is 28.5 Å². The van der Waals surface area contributed by atoms with Gasteiger partial charge in [0.2, 0.25) is 5.91 Å². The van der Waals surface area contributed by atoms with E-state index in [0.29, 0.717) is 0 Å². The maximum absolute atomic E-state index is 12.3. The van der Waals surface area contributed by atoms with Crippen LogP contribution in [0, 0.1) is 18.3 Å². The standard InChI is InChI=1S/C18H20N4OS/c1-13-17(21-15-8-4-3-7-14(15)20-13)24-11-16(23)22-18(12-19)9-5-2-6-10-18/h3-4,7-8H,2,5-6,9-11H2,1H3,(H,22,23). The van der Waals surface area contributed by atoms with Crippen molar-refractivity contribution in [1.82, 2.24) is 15.3 Å². The SMILES string of the molecule is Cc1nc2ccccc2nc1SCC(=O)NC1(C#N)CCCCC1. The van der Waals surface area contributed by atoms with Crippen molar-refractivity contribution < 1.29 is 4.79 Å². The number of nitrogens with one attached hydrogen (secondary N) is 1. The number of amides is 1. The number of nitrogens with zero attached hydrogens (tertiary/aromatic N) is 3. The maximum atomic E-state index is 12.3. The molecular weight excluding hydrogens is 320 g/mol. The van der Waals surface area contributed by atoms with Gasteiger partial charge < -0.3 is 5.32 Å². The molecule has 24 heavy (non-hydrogen) atoms. The van der Waals surface area contributed by atoms with E-state index >= 15 is 0 Å². The lowest BCUT2D eigenvalue weighted by Gasteiger charge is -2.31. The zero-order valence-corrected chi connectivity index (χ0v) is 14.5. The largest absolute Gasteiger partial charge is 0.337 e. The van der Waals surface area contributed by atoms with E-state index in [2.05, 4.69) is 21.4 Å². The normalized spacial score (nSPS) is 16.5. The number of benzene rings is 1. The first-order valence-corrected chi connectivity index (χ1v) is 9.19. The van der Waals surface area contributed by atoms with E-state index in [1.807, 2.05) is 31.2 Å². The van der Waals surface area contributed by atoms with Crippen LogP contribution in [-0.2, 0) is 4.79 Å². The quantitative estimate of drug-likeness (QED) is 0.863. The molecule has 0 aliphatic heterocycles. The topological polar surface area (TPSA) is 78.7 Å². The zero-order valence-electron chi connectivity index (χ0n) is 13.7. The van der Waals surface area contributed by atoms with Crippen molar-refractivity contribution in [2.75, 3.05) is 5.75 Å². The van der Waals surface area contributed by atoms with Gasteiger partial charge in [-0.2, -0.15) is 5.26 Å². The van der Waals surface area contributed by atoms with Crippen molar-refractivity contribution in [1.29, 1.82) is 5.26 Å². The molecule has 0 atom stereocenters. The molecule has 0 radical (unpaired) electrons. The Morgan fingerprint density at radius 1 is 1.25 bits per heavy atom. The summed E-state index contributed by atoms with van der Waals surface area (Å²) in [5, 5.41) is 13.1. The molecule has 1 amide bonds. The molecule has 3 rings (SSSR count). The van der Waals surface area contributed by atoms with Crippen LogP contribution in [0.1, 0.15) is 37.8 Å². The van der Waals surface area contributed by atoms with E-state index < -0.39 is 5.54 Å². The molecule has 1 aliphatic rings. The lowest BCUT2D eigenvalue weighted by molar-refractivity contribution is -0.120. The lowest BCUT2D eigenvalue weighted by atomic mass is 9.83. The van der Waals surface area contributed by atoms with Gasteiger partial charge in [-0.15, -0.1) is 0 Å². The molecule has 0 spiro atoms. The number of aryl methyl sites for hydroxylation is 1. The first kappa shape index (κ1) is 16.7. The maximum Gasteiger partial charge on any atom is 0.231 e. The fourth-order valence-electron chi connectivity index (χ4n) is 3.07. The van der Waals surface area contributed by atoms with Gasteiger partial charge in [-0.05, 0) is 31.9 Å². The van der Waals surface area contributed by atoms with Crippen molar-refractivity contribution in [3.8, 4) is 6.07 Å². The van der Waals surface area contributed by atoms with Crippen LogP contribution in [0.3, 0.4) is 0 Å². The molecule has 0 unspecified atom stereocenters. The van der Waals surface area contributed by atoms with Gasteiger partial charge in [0, 0.05) is 0 Å². The summed E-state index contributed by atoms with van der Waals surface area (Å²) < 4.78 is 0. The number of hydrogen-bond acceptors (Lipinski definition) is 5. The summed E-state index contributed by atoms with van der Waals surface area (Å²) in [5.74, 6) is 0.134. The molecule has 1 aliphatic carbocycles. The number of hydrogen-bond donors (Lipinski definition) is 1. The Hall–Kier alpha value is -2.13. The van der Waals surface area contributed by atoms with Crippen molar-refractivity contribution in [3.63, 3.8) is 0 Å². The number of fused-ring (bicyclic) bond motifs is 1. The molecule has 1 saturated carbocycles. The number of para-hydroxylation sites is 2. The number of rotatable bonds is 4. The Morgan fingerprint density at radius 2 is 1.92 bits per heavy atom. The minimum absolute atomic E-state index is 0.113. The third kappa shape index (κ3) is 3.68. The average molecular weight is 340 g/mol. The lowest BCUT2D eigenvalue weighted by Crippen LogP contribution is -2.49. The molecule has 1 N–H and O–H groups in total. The number of nitriles is 1. The van der Waals surface area contributed by atoms with Crippen LogP contribution in [0.4, 0.5) is 0 Å². The fourth-order valence-corrected chi connectivity index (χ4v) is 3.82. The van der Waals surface area contributed by atoms with E-state index in [4.69, 9.17) is 0 Å². The molecule has 1 aromatic heterocycles. The third-order valence-electron chi connectivity index (χ3n) is 4.34. The van der Waals surface area contributed by atoms with Crippen molar-refractivity contribution in [3.05, 3.63) is 30.0 Å². The van der Waals surface area contributed by atoms with Crippen LogP contribution in [0.2, 0.25) is 0 Å². The molecule has 5 nitrogen and oxygen atoms in total. The minimum atomic E-state index is -0.681. The first-order valence-electron chi connectivity index (χ1n) is 8.20. The van der Waals surface area contributed by atoms with Crippen molar-refractivity contribution >= 4 is 28.7 Å². The Labute approximate surface area is 145 Å². The average Bonchev–Trinajstić information content (AvgIpc) is 2.60. The zero-order chi connectivity index (χ0) is 17.0. The van der Waals surface area contributed by atoms with Gasteiger partial charge in [0.25, 0.3) is 0 Å². The van der Waals surface area contributed by atoms with Gasteiger partial charge in [-0.1, -0.05) is 43.2 Å². The monoisotopic (exact) mass is 340 g/mol. The van der Waals surface area contributed by atoms with Gasteiger partial charge in [-0.3, -0.25) is 4.79 Å². The molecule has 1 heterocycles. The number of carbonyl (C=O) groups excluding carboxylic acids is 1. The summed E-state index contributed by atoms with van der Waals surface area (Å²) in [6.45, 7) is 1.90. The summed E-state index contributed by atoms with van der Waals surface area (Å²) >= 11 is 1.37. The van der Waals surface area contributed by atoms with E-state index in [9.17, 15) is 10.1 Å². The Bertz CT molecular complexity index is 793. The smallest absolute Gasteiger partial charge is 0.231 e. The molecule has 1 aromatic carbocycles. The molecule has 1 fully saturated rings. The third-order valence-corrected chi connectivity index (χ3v) is 5.41. The van der Waals surface area contributed by atoms with Gasteiger partial charge in [-0.25, -0.2) is 9.97 Å². The van der Waals surface area contributed by atoms with Crippen LogP contribution in [-0.4, -0.2) is 27.2 Å². The number of aromatic nitrogens is 2. The molecular formula is C18H20N4OS. The molecule has 124 valence electrons. The Balaban J connectivity index is 1.66. The number of thioether (sulfide) groups is 1. The highest BCUT2D eigenvalue weighted by molar-refractivity contribution is 7.99. The minimum Gasteiger partial charge on any atom is -0.337 e. The second-order valence-electron chi connectivity index (χ2n) is 6.19. The van der Waals surface area contributed by atoms with Crippen LogP contribution < -0.4 is 5.32 Å². The van der Waals surface area contributed by atoms with Crippen LogP contribution >= 0.6 is 11.8 Å². The van der Waals surface area contributed by atoms with E-state index in [1.54, 1.807) is 0 Å². The Kier molecular flexibility index (Phi) is 5.00. The highest BCUT2D eigenvalue weighted by Gasteiger charge is 2.33. The van der Waals surface area contributed by atoms with E-state index in [0.717, 1.165) is 53.9 Å². The molecule has 0 saturated heterocycles. The second-order valence-corrected chi connectivity index (χ2v) is 7.16. The highest BCUT2D eigenvalue weighted by Crippen LogP contribution is 2.28. The molecule has 0 bridgehead atoms. The van der Waals surface area contributed by atoms with E-state index in [-0.39, 0.29) is 11.7 Å². The summed E-state index contributed by atoms with van der Waals surface area (Å²) in [5.41, 5.74) is 1.82. The fraction of sp³-hybridized carbons (Fsp3) is 0.444. The van der Waals surface area contributed by atoms with Crippen molar-refractivity contribution in [2.24, 2.45) is 0 Å². The van der Waals surface area contributed by atoms with E-state index in [1.165, 1.54) is 11.8 Å². The molecule has 2 aromatic rings. The van der Waals surface area contributed by atoms with Gasteiger partial charge in [0.15, 0.2) is 0 Å². The van der Waals surface area contributed by atoms with Crippen LogP contribution in [0.15, 0.2) is 29.3 Å². The Morgan fingerprint density at radius 3 is 2.58 bits per heavy atom. The van der Waals surface area contributed by atoms with Gasteiger partial charge in [0.1, 0.15) is 10.6 Å². The predicted octanol–water partition coefficient (Wildman–Crippen LogP) is 3.37. The first-order chi connectivity index (χ1) is 11.6.